The van der Waals surface area contributed by atoms with Crippen molar-refractivity contribution in [1.82, 2.24) is 10.2 Å². The maximum atomic E-state index is 12.0. The molecule has 2 fully saturated rings. The summed E-state index contributed by atoms with van der Waals surface area (Å²) in [6.07, 6.45) is 4.65. The summed E-state index contributed by atoms with van der Waals surface area (Å²) in [6, 6.07) is 0.887. The number of amides is 1. The van der Waals surface area contributed by atoms with E-state index in [1.165, 1.54) is 19.3 Å². The van der Waals surface area contributed by atoms with Gasteiger partial charge in [0.15, 0.2) is 0 Å². The molecule has 0 spiro atoms. The average Bonchev–Trinajstić information content (AvgIpc) is 2.09. The van der Waals surface area contributed by atoms with Crippen LogP contribution in [0.2, 0.25) is 0 Å². The van der Waals surface area contributed by atoms with Gasteiger partial charge in [0.25, 0.3) is 0 Å². The first-order valence-electron chi connectivity index (χ1n) is 6.19. The molecule has 2 rings (SSSR count). The van der Waals surface area contributed by atoms with Crippen molar-refractivity contribution in [3.05, 3.63) is 0 Å². The molecule has 1 saturated carbocycles. The molecule has 94 valence electrons. The predicted molar refractivity (Wildman–Crippen MR) is 67.8 cm³/mol. The van der Waals surface area contributed by atoms with Gasteiger partial charge in [-0.05, 0) is 32.6 Å². The van der Waals surface area contributed by atoms with Gasteiger partial charge in [0, 0.05) is 31.6 Å². The van der Waals surface area contributed by atoms with Gasteiger partial charge >= 0.3 is 0 Å². The molecule has 1 heterocycles. The summed E-state index contributed by atoms with van der Waals surface area (Å²) < 4.78 is 0. The number of hydrogen-bond acceptors (Lipinski definition) is 2. The van der Waals surface area contributed by atoms with Crippen LogP contribution >= 0.6 is 12.4 Å². The molecule has 2 unspecified atom stereocenters. The number of piperazine rings is 1. The second-order valence-corrected chi connectivity index (χ2v) is 5.27. The monoisotopic (exact) mass is 246 g/mol. The molecule has 1 aliphatic carbocycles. The Morgan fingerprint density at radius 3 is 2.25 bits per heavy atom. The van der Waals surface area contributed by atoms with Crippen LogP contribution in [0.25, 0.3) is 0 Å². The Kier molecular flexibility index (Phi) is 5.06. The fourth-order valence-electron chi connectivity index (χ4n) is 2.60. The third-order valence-corrected chi connectivity index (χ3v) is 3.60. The third kappa shape index (κ3) is 3.36. The molecule has 2 atom stereocenters. The Bertz CT molecular complexity index is 233. The van der Waals surface area contributed by atoms with E-state index in [1.54, 1.807) is 0 Å². The van der Waals surface area contributed by atoms with Gasteiger partial charge in [0.05, 0.1) is 0 Å². The highest BCUT2D eigenvalue weighted by atomic mass is 35.5. The molecule has 1 aliphatic heterocycles. The van der Waals surface area contributed by atoms with E-state index >= 15 is 0 Å². The van der Waals surface area contributed by atoms with E-state index in [9.17, 15) is 4.79 Å². The van der Waals surface area contributed by atoms with Crippen molar-refractivity contribution in [2.75, 3.05) is 13.1 Å². The Labute approximate surface area is 104 Å². The summed E-state index contributed by atoms with van der Waals surface area (Å²) in [6.45, 7) is 6.07. The predicted octanol–water partition coefficient (Wildman–Crippen LogP) is 1.81. The van der Waals surface area contributed by atoms with Crippen LogP contribution in [0, 0.1) is 5.92 Å². The van der Waals surface area contributed by atoms with Gasteiger partial charge in [-0.25, -0.2) is 0 Å². The van der Waals surface area contributed by atoms with Crippen molar-refractivity contribution in [3.63, 3.8) is 0 Å². The zero-order chi connectivity index (χ0) is 10.8. The summed E-state index contributed by atoms with van der Waals surface area (Å²) in [5, 5.41) is 3.45. The Morgan fingerprint density at radius 1 is 1.25 bits per heavy atom. The number of hydrogen-bond donors (Lipinski definition) is 1. The van der Waals surface area contributed by atoms with E-state index in [0.29, 0.717) is 23.9 Å². The lowest BCUT2D eigenvalue weighted by atomic mass is 9.82. The molecule has 16 heavy (non-hydrogen) atoms. The number of rotatable bonds is 2. The lowest BCUT2D eigenvalue weighted by Crippen LogP contribution is -2.56. The standard InChI is InChI=1S/C12H22N2O.ClH/c1-9-7-14(8-10(2)13-9)12(15)6-11-4-3-5-11;/h9-11,13H,3-8H2,1-2H3;1H. The average molecular weight is 247 g/mol. The largest absolute Gasteiger partial charge is 0.340 e. The molecule has 0 radical (unpaired) electrons. The molecule has 0 bridgehead atoms. The summed E-state index contributed by atoms with van der Waals surface area (Å²) in [7, 11) is 0. The van der Waals surface area contributed by atoms with Gasteiger partial charge in [0.1, 0.15) is 0 Å². The number of nitrogens with zero attached hydrogens (tertiary/aromatic N) is 1. The van der Waals surface area contributed by atoms with Crippen LogP contribution in [-0.2, 0) is 4.79 Å². The van der Waals surface area contributed by atoms with Crippen molar-refractivity contribution < 1.29 is 4.79 Å². The summed E-state index contributed by atoms with van der Waals surface area (Å²) in [5.74, 6) is 1.07. The number of nitrogens with one attached hydrogen (secondary N) is 1. The van der Waals surface area contributed by atoms with Crippen LogP contribution in [0.3, 0.4) is 0 Å². The minimum Gasteiger partial charge on any atom is -0.340 e. The van der Waals surface area contributed by atoms with Crippen molar-refractivity contribution in [2.45, 2.75) is 51.6 Å². The van der Waals surface area contributed by atoms with Crippen LogP contribution in [0.4, 0.5) is 0 Å². The van der Waals surface area contributed by atoms with E-state index in [1.807, 2.05) is 4.90 Å². The quantitative estimate of drug-likeness (QED) is 0.806. The maximum Gasteiger partial charge on any atom is 0.222 e. The highest BCUT2D eigenvalue weighted by Gasteiger charge is 2.28. The number of halogens is 1. The van der Waals surface area contributed by atoms with Crippen LogP contribution in [-0.4, -0.2) is 36.0 Å². The van der Waals surface area contributed by atoms with Gasteiger partial charge in [-0.3, -0.25) is 4.79 Å². The van der Waals surface area contributed by atoms with Crippen LogP contribution < -0.4 is 5.32 Å². The molecule has 0 aromatic carbocycles. The molecule has 4 heteroatoms. The first-order chi connectivity index (χ1) is 7.15. The first kappa shape index (κ1) is 13.8. The Hall–Kier alpha value is -0.280. The number of carbonyl (C=O) groups excluding carboxylic acids is 1. The van der Waals surface area contributed by atoms with E-state index < -0.39 is 0 Å². The highest BCUT2D eigenvalue weighted by Crippen LogP contribution is 2.30. The summed E-state index contributed by atoms with van der Waals surface area (Å²) >= 11 is 0. The highest BCUT2D eigenvalue weighted by molar-refractivity contribution is 5.85. The van der Waals surface area contributed by atoms with Crippen molar-refractivity contribution >= 4 is 18.3 Å². The lowest BCUT2D eigenvalue weighted by molar-refractivity contribution is -0.134. The normalized spacial score (nSPS) is 30.5. The van der Waals surface area contributed by atoms with Crippen LogP contribution in [0.15, 0.2) is 0 Å². The smallest absolute Gasteiger partial charge is 0.222 e. The second-order valence-electron chi connectivity index (χ2n) is 5.27. The Balaban J connectivity index is 0.00000128. The van der Waals surface area contributed by atoms with Crippen molar-refractivity contribution in [1.29, 1.82) is 0 Å². The van der Waals surface area contributed by atoms with E-state index in [-0.39, 0.29) is 12.4 Å². The van der Waals surface area contributed by atoms with Crippen LogP contribution in [0.5, 0.6) is 0 Å². The SMILES string of the molecule is CC1CN(C(=O)CC2CCC2)CC(C)N1.Cl. The summed E-state index contributed by atoms with van der Waals surface area (Å²) in [5.41, 5.74) is 0. The van der Waals surface area contributed by atoms with Crippen molar-refractivity contribution in [2.24, 2.45) is 5.92 Å². The molecule has 2 aliphatic rings. The molecule has 1 amide bonds. The van der Waals surface area contributed by atoms with E-state index in [4.69, 9.17) is 0 Å². The van der Waals surface area contributed by atoms with Gasteiger partial charge in [0.2, 0.25) is 5.91 Å². The fraction of sp³-hybridized carbons (Fsp3) is 0.917. The topological polar surface area (TPSA) is 32.3 Å². The fourth-order valence-corrected chi connectivity index (χ4v) is 2.60. The Morgan fingerprint density at radius 2 is 1.81 bits per heavy atom. The molecule has 0 aromatic rings. The maximum absolute atomic E-state index is 12.0. The summed E-state index contributed by atoms with van der Waals surface area (Å²) in [4.78, 5) is 14.0. The minimum absolute atomic E-state index is 0. The van der Waals surface area contributed by atoms with E-state index in [0.717, 1.165) is 19.5 Å². The molecule has 0 aromatic heterocycles. The number of carbonyl (C=O) groups is 1. The van der Waals surface area contributed by atoms with Gasteiger partial charge in [-0.1, -0.05) is 6.42 Å². The molecule has 1 N–H and O–H groups in total. The van der Waals surface area contributed by atoms with Crippen LogP contribution in [0.1, 0.15) is 39.5 Å². The molecule has 1 saturated heterocycles. The van der Waals surface area contributed by atoms with E-state index in [2.05, 4.69) is 19.2 Å². The van der Waals surface area contributed by atoms with Gasteiger partial charge in [-0.15, -0.1) is 12.4 Å². The van der Waals surface area contributed by atoms with Gasteiger partial charge < -0.3 is 10.2 Å². The second kappa shape index (κ2) is 5.87. The zero-order valence-electron chi connectivity index (χ0n) is 10.2. The van der Waals surface area contributed by atoms with Crippen molar-refractivity contribution in [3.8, 4) is 0 Å². The lowest BCUT2D eigenvalue weighted by Gasteiger charge is -2.37. The zero-order valence-corrected chi connectivity index (χ0v) is 11.1. The molecular weight excluding hydrogens is 224 g/mol. The van der Waals surface area contributed by atoms with Gasteiger partial charge in [-0.2, -0.15) is 0 Å². The first-order valence-corrected chi connectivity index (χ1v) is 6.19. The molecular formula is C12H23ClN2O. The minimum atomic E-state index is 0. The third-order valence-electron chi connectivity index (χ3n) is 3.60. The molecule has 3 nitrogen and oxygen atoms in total.